The summed E-state index contributed by atoms with van der Waals surface area (Å²) >= 11 is 0. The van der Waals surface area contributed by atoms with E-state index in [-0.39, 0.29) is 6.42 Å². The van der Waals surface area contributed by atoms with Gasteiger partial charge in [-0.2, -0.15) is 43.2 Å². The first-order valence-corrected chi connectivity index (χ1v) is 9.66. The topological polar surface area (TPSA) is 134 Å². The fourth-order valence-electron chi connectivity index (χ4n) is 2.98. The Morgan fingerprint density at radius 2 is 1.07 bits per heavy atom. The fourth-order valence-corrected chi connectivity index (χ4v) is 3.86. The molecule has 0 heterocycles. The average molecular weight is 444 g/mol. The van der Waals surface area contributed by atoms with Crippen LogP contribution in [0.2, 0.25) is 0 Å². The van der Waals surface area contributed by atoms with E-state index in [9.17, 15) is 43.2 Å². The van der Waals surface area contributed by atoms with E-state index in [0.717, 1.165) is 0 Å². The molecule has 0 aromatic heterocycles. The Hall–Kier alpha value is -1.84. The molecule has 2 bridgehead atoms. The third kappa shape index (κ3) is 3.90. The van der Waals surface area contributed by atoms with Crippen LogP contribution in [-0.4, -0.2) is 39.6 Å². The number of halogens is 6. The molecule has 1 saturated carbocycles. The van der Waals surface area contributed by atoms with Crippen molar-refractivity contribution in [3.63, 3.8) is 0 Å². The quantitative estimate of drug-likeness (QED) is 0.170. The second-order valence-electron chi connectivity index (χ2n) is 5.69. The summed E-state index contributed by atoms with van der Waals surface area (Å²) in [5.41, 5.74) is -11.7. The maximum atomic E-state index is 12.4. The summed E-state index contributed by atoms with van der Waals surface area (Å²) < 4.78 is 126. The molecule has 0 saturated heterocycles. The lowest BCUT2D eigenvalue weighted by Gasteiger charge is -2.27. The van der Waals surface area contributed by atoms with Gasteiger partial charge in [0.25, 0.3) is 0 Å². The van der Waals surface area contributed by atoms with Crippen LogP contribution in [0.4, 0.5) is 26.3 Å². The van der Waals surface area contributed by atoms with E-state index in [1.54, 1.807) is 0 Å². The largest absolute Gasteiger partial charge is 0.534 e. The van der Waals surface area contributed by atoms with Crippen molar-refractivity contribution in [1.29, 1.82) is 10.8 Å². The molecule has 0 amide bonds. The van der Waals surface area contributed by atoms with Crippen molar-refractivity contribution in [2.75, 3.05) is 0 Å². The molecule has 2 N–H and O–H groups in total. The summed E-state index contributed by atoms with van der Waals surface area (Å²) in [7, 11) is -12.4. The maximum Gasteiger partial charge on any atom is 0.534 e. The van der Waals surface area contributed by atoms with E-state index >= 15 is 0 Å². The van der Waals surface area contributed by atoms with Crippen molar-refractivity contribution in [1.82, 2.24) is 0 Å². The lowest BCUT2D eigenvalue weighted by molar-refractivity contribution is -0.0514. The van der Waals surface area contributed by atoms with E-state index < -0.39 is 66.7 Å². The molecule has 0 radical (unpaired) electrons. The van der Waals surface area contributed by atoms with Gasteiger partial charge in [0.2, 0.25) is 11.8 Å². The molecule has 0 spiro atoms. The summed E-state index contributed by atoms with van der Waals surface area (Å²) in [6, 6.07) is 0. The van der Waals surface area contributed by atoms with Gasteiger partial charge in [0.1, 0.15) is 0 Å². The van der Waals surface area contributed by atoms with Crippen LogP contribution in [0.5, 0.6) is 0 Å². The number of rotatable bonds is 4. The standard InChI is InChI=1S/C11H10F6N2O6S2/c12-10(13,14)26(20,21)24-8(18)6-4-1-2-5(3-4)7(6)9(19)25-27(22,23)11(15,16)17/h1-2,4-7,18-19H,3H2. The second kappa shape index (κ2) is 6.35. The molecule has 0 aromatic carbocycles. The van der Waals surface area contributed by atoms with E-state index in [2.05, 4.69) is 8.37 Å². The molecule has 8 nitrogen and oxygen atoms in total. The van der Waals surface area contributed by atoms with Crippen LogP contribution < -0.4 is 0 Å². The smallest absolute Gasteiger partial charge is 0.360 e. The first-order valence-electron chi connectivity index (χ1n) is 6.84. The monoisotopic (exact) mass is 444 g/mol. The van der Waals surface area contributed by atoms with Gasteiger partial charge in [-0.25, -0.2) is 0 Å². The Morgan fingerprint density at radius 1 is 0.778 bits per heavy atom. The van der Waals surface area contributed by atoms with Crippen LogP contribution in [0.15, 0.2) is 12.2 Å². The molecule has 2 rings (SSSR count). The van der Waals surface area contributed by atoms with Crippen LogP contribution in [0, 0.1) is 34.5 Å². The van der Waals surface area contributed by atoms with Crippen LogP contribution in [-0.2, 0) is 28.6 Å². The summed E-state index contributed by atoms with van der Waals surface area (Å²) in [6.07, 6.45) is 2.75. The van der Waals surface area contributed by atoms with Gasteiger partial charge in [-0.15, -0.1) is 0 Å². The molecule has 27 heavy (non-hydrogen) atoms. The molecule has 2 aliphatic carbocycles. The highest BCUT2D eigenvalue weighted by atomic mass is 32.2. The molecular formula is C11H10F6N2O6S2. The highest BCUT2D eigenvalue weighted by Gasteiger charge is 2.56. The minimum absolute atomic E-state index is 0.0327. The van der Waals surface area contributed by atoms with Crippen molar-refractivity contribution < 1.29 is 51.5 Å². The predicted octanol–water partition coefficient (Wildman–Crippen LogP) is 2.11. The van der Waals surface area contributed by atoms with E-state index in [1.165, 1.54) is 12.2 Å². The van der Waals surface area contributed by atoms with Crippen LogP contribution in [0.1, 0.15) is 6.42 Å². The number of allylic oxidation sites excluding steroid dienone is 2. The van der Waals surface area contributed by atoms with Crippen molar-refractivity contribution in [3.05, 3.63) is 12.2 Å². The first kappa shape index (κ1) is 21.5. The van der Waals surface area contributed by atoms with E-state index in [1.807, 2.05) is 0 Å². The Bertz CT molecular complexity index is 819. The third-order valence-electron chi connectivity index (χ3n) is 4.03. The molecule has 154 valence electrons. The Labute approximate surface area is 148 Å². The molecule has 0 aromatic rings. The Balaban J connectivity index is 2.28. The number of fused-ring (bicyclic) bond motifs is 2. The van der Waals surface area contributed by atoms with Crippen LogP contribution in [0.25, 0.3) is 0 Å². The zero-order valence-corrected chi connectivity index (χ0v) is 14.3. The lowest BCUT2D eigenvalue weighted by Crippen LogP contribution is -2.39. The van der Waals surface area contributed by atoms with Gasteiger partial charge < -0.3 is 8.37 Å². The average Bonchev–Trinajstić information content (AvgIpc) is 3.03. The van der Waals surface area contributed by atoms with Gasteiger partial charge in [-0.05, 0) is 18.3 Å². The molecule has 2 aliphatic rings. The van der Waals surface area contributed by atoms with E-state index in [0.29, 0.717) is 0 Å². The van der Waals surface area contributed by atoms with Gasteiger partial charge in [0, 0.05) is 0 Å². The SMILES string of the molecule is N=C(OS(=O)(=O)C(F)(F)F)C1C2C=CC(C2)C1C(=N)OS(=O)(=O)C(F)(F)F. The number of alkyl halides is 6. The zero-order chi connectivity index (χ0) is 21.0. The minimum Gasteiger partial charge on any atom is -0.360 e. The van der Waals surface area contributed by atoms with Gasteiger partial charge in [0.15, 0.2) is 0 Å². The summed E-state index contributed by atoms with van der Waals surface area (Å²) in [6.45, 7) is 0. The molecule has 4 atom stereocenters. The van der Waals surface area contributed by atoms with Crippen LogP contribution in [0.3, 0.4) is 0 Å². The van der Waals surface area contributed by atoms with Gasteiger partial charge in [0.05, 0.1) is 11.8 Å². The number of nitrogens with one attached hydrogen (secondary N) is 2. The Kier molecular flexibility index (Phi) is 5.05. The van der Waals surface area contributed by atoms with E-state index in [4.69, 9.17) is 10.8 Å². The van der Waals surface area contributed by atoms with Gasteiger partial charge >= 0.3 is 31.3 Å². The Morgan fingerprint density at radius 3 is 1.33 bits per heavy atom. The predicted molar refractivity (Wildman–Crippen MR) is 75.3 cm³/mol. The van der Waals surface area contributed by atoms with Crippen molar-refractivity contribution in [3.8, 4) is 0 Å². The fraction of sp³-hybridized carbons (Fsp3) is 0.636. The molecule has 0 aliphatic heterocycles. The molecule has 1 fully saturated rings. The second-order valence-corrected chi connectivity index (χ2v) is 8.77. The summed E-state index contributed by atoms with van der Waals surface area (Å²) in [4.78, 5) is 0. The molecular weight excluding hydrogens is 434 g/mol. The van der Waals surface area contributed by atoms with Crippen molar-refractivity contribution >= 4 is 32.0 Å². The highest BCUT2D eigenvalue weighted by molar-refractivity contribution is 7.88. The summed E-state index contributed by atoms with van der Waals surface area (Å²) in [5, 5.41) is 15.0. The lowest BCUT2D eigenvalue weighted by atomic mass is 9.83. The zero-order valence-electron chi connectivity index (χ0n) is 12.7. The molecule has 4 unspecified atom stereocenters. The summed E-state index contributed by atoms with van der Waals surface area (Å²) in [5.74, 6) is -7.87. The number of hydrogen-bond acceptors (Lipinski definition) is 8. The highest BCUT2D eigenvalue weighted by Crippen LogP contribution is 2.50. The third-order valence-corrected chi connectivity index (χ3v) is 5.96. The van der Waals surface area contributed by atoms with Gasteiger partial charge in [-0.1, -0.05) is 12.2 Å². The van der Waals surface area contributed by atoms with Crippen LogP contribution >= 0.6 is 0 Å². The van der Waals surface area contributed by atoms with Crippen molar-refractivity contribution in [2.24, 2.45) is 23.7 Å². The number of hydrogen-bond donors (Lipinski definition) is 2. The normalized spacial score (nSPS) is 28.2. The first-order chi connectivity index (χ1) is 12.0. The maximum absolute atomic E-state index is 12.4. The van der Waals surface area contributed by atoms with Crippen molar-refractivity contribution in [2.45, 2.75) is 17.4 Å². The minimum atomic E-state index is -6.22. The van der Waals surface area contributed by atoms with Gasteiger partial charge in [-0.3, -0.25) is 10.8 Å². The molecule has 16 heteroatoms.